The Morgan fingerprint density at radius 2 is 1.56 bits per heavy atom. The van der Waals surface area contributed by atoms with Gasteiger partial charge < -0.3 is 10.6 Å². The van der Waals surface area contributed by atoms with Gasteiger partial charge in [0.15, 0.2) is 0 Å². The molecule has 0 aliphatic rings. The molecule has 0 bridgehead atoms. The Balaban J connectivity index is 0. The van der Waals surface area contributed by atoms with E-state index in [4.69, 9.17) is 0 Å². The monoisotopic (exact) mass is 254 g/mol. The molecule has 1 amide bonds. The molecule has 0 aliphatic carbocycles. The van der Waals surface area contributed by atoms with E-state index in [2.05, 4.69) is 51.5 Å². The van der Waals surface area contributed by atoms with Crippen molar-refractivity contribution in [1.82, 2.24) is 10.6 Å². The van der Waals surface area contributed by atoms with Gasteiger partial charge in [-0.25, -0.2) is 0 Å². The first-order valence-corrected chi connectivity index (χ1v) is 6.62. The van der Waals surface area contributed by atoms with Gasteiger partial charge in [-0.1, -0.05) is 27.0 Å². The maximum absolute atomic E-state index is 10.4. The van der Waals surface area contributed by atoms with Crippen LogP contribution in [-0.2, 0) is 4.79 Å². The fourth-order valence-corrected chi connectivity index (χ4v) is 1.10. The van der Waals surface area contributed by atoms with Crippen LogP contribution >= 0.6 is 0 Å². The molecule has 106 valence electrons. The fraction of sp³-hybridized carbons (Fsp3) is 0.667. The Hall–Kier alpha value is -1.25. The summed E-state index contributed by atoms with van der Waals surface area (Å²) in [6, 6.07) is 0.724. The van der Waals surface area contributed by atoms with E-state index in [1.807, 2.05) is 13.8 Å². The van der Waals surface area contributed by atoms with E-state index >= 15 is 0 Å². The molecule has 1 atom stereocenters. The van der Waals surface area contributed by atoms with Crippen LogP contribution in [0.4, 0.5) is 0 Å². The lowest BCUT2D eigenvalue weighted by atomic mass is 10.1. The third-order valence-corrected chi connectivity index (χ3v) is 2.30. The predicted molar refractivity (Wildman–Crippen MR) is 80.3 cm³/mol. The van der Waals surface area contributed by atoms with Crippen molar-refractivity contribution in [3.05, 3.63) is 24.9 Å². The second kappa shape index (κ2) is 10.9. The molecule has 0 radical (unpaired) electrons. The van der Waals surface area contributed by atoms with Gasteiger partial charge in [0.25, 0.3) is 0 Å². The van der Waals surface area contributed by atoms with Gasteiger partial charge in [-0.05, 0) is 46.1 Å². The van der Waals surface area contributed by atoms with Gasteiger partial charge in [0.1, 0.15) is 0 Å². The first-order valence-electron chi connectivity index (χ1n) is 6.62. The third-order valence-electron chi connectivity index (χ3n) is 2.30. The molecule has 1 unspecified atom stereocenters. The largest absolute Gasteiger partial charge is 0.386 e. The topological polar surface area (TPSA) is 41.1 Å². The zero-order valence-corrected chi connectivity index (χ0v) is 12.8. The van der Waals surface area contributed by atoms with Gasteiger partial charge in [0, 0.05) is 17.8 Å². The van der Waals surface area contributed by atoms with Crippen molar-refractivity contribution in [2.45, 2.75) is 60.0 Å². The average Bonchev–Trinajstić information content (AvgIpc) is 2.26. The molecule has 0 heterocycles. The molecule has 0 saturated heterocycles. The Bertz CT molecular complexity index is 257. The fourth-order valence-electron chi connectivity index (χ4n) is 1.10. The molecule has 3 nitrogen and oxygen atoms in total. The van der Waals surface area contributed by atoms with Crippen molar-refractivity contribution >= 4 is 5.91 Å². The van der Waals surface area contributed by atoms with Gasteiger partial charge in [0.05, 0.1) is 0 Å². The minimum atomic E-state index is -0.111. The highest BCUT2D eigenvalue weighted by atomic mass is 16.1. The molecule has 0 aromatic heterocycles. The molecule has 0 saturated carbocycles. The number of nitrogens with one attached hydrogen (secondary N) is 2. The number of hydrogen-bond acceptors (Lipinski definition) is 2. The summed E-state index contributed by atoms with van der Waals surface area (Å²) in [5.41, 5.74) is 1.16. The second-order valence-electron chi connectivity index (χ2n) is 5.00. The molecule has 0 spiro atoms. The first kappa shape index (κ1) is 19.1. The summed E-state index contributed by atoms with van der Waals surface area (Å²) in [5, 5.41) is 5.93. The van der Waals surface area contributed by atoms with Gasteiger partial charge in [0.2, 0.25) is 5.91 Å². The van der Waals surface area contributed by atoms with Crippen LogP contribution in [0.3, 0.4) is 0 Å². The van der Waals surface area contributed by atoms with Crippen LogP contribution in [0.1, 0.15) is 48.0 Å². The minimum Gasteiger partial charge on any atom is -0.386 e. The highest BCUT2D eigenvalue weighted by Gasteiger charge is 2.03. The molecule has 18 heavy (non-hydrogen) atoms. The lowest BCUT2D eigenvalue weighted by molar-refractivity contribution is -0.116. The summed E-state index contributed by atoms with van der Waals surface area (Å²) in [6.07, 6.45) is 2.43. The second-order valence-corrected chi connectivity index (χ2v) is 5.00. The van der Waals surface area contributed by atoms with Gasteiger partial charge >= 0.3 is 0 Å². The summed E-state index contributed by atoms with van der Waals surface area (Å²) in [5.74, 6) is 0.488. The number of hydrogen-bond donors (Lipinski definition) is 2. The van der Waals surface area contributed by atoms with E-state index in [-0.39, 0.29) is 11.9 Å². The van der Waals surface area contributed by atoms with Gasteiger partial charge in [-0.3, -0.25) is 4.79 Å². The van der Waals surface area contributed by atoms with Crippen LogP contribution < -0.4 is 10.6 Å². The molecule has 0 aromatic carbocycles. The lowest BCUT2D eigenvalue weighted by Crippen LogP contribution is -2.27. The summed E-state index contributed by atoms with van der Waals surface area (Å²) >= 11 is 0. The maximum atomic E-state index is 10.4. The predicted octanol–water partition coefficient (Wildman–Crippen LogP) is 3.24. The molecule has 0 rings (SSSR count). The number of amides is 1. The molecule has 0 fully saturated rings. The van der Waals surface area contributed by atoms with Gasteiger partial charge in [-0.2, -0.15) is 0 Å². The molecule has 2 N–H and O–H groups in total. The first-order chi connectivity index (χ1) is 8.24. The van der Waals surface area contributed by atoms with Crippen molar-refractivity contribution in [2.75, 3.05) is 0 Å². The minimum absolute atomic E-state index is 0.111. The molecule has 0 aliphatic heterocycles. The summed E-state index contributed by atoms with van der Waals surface area (Å²) < 4.78 is 0. The number of allylic oxidation sites excluding steroid dienone is 1. The lowest BCUT2D eigenvalue weighted by Gasteiger charge is -2.17. The average molecular weight is 254 g/mol. The highest BCUT2D eigenvalue weighted by molar-refractivity contribution is 5.86. The van der Waals surface area contributed by atoms with Crippen LogP contribution in [-0.4, -0.2) is 18.0 Å². The van der Waals surface area contributed by atoms with Gasteiger partial charge in [-0.15, -0.1) is 0 Å². The van der Waals surface area contributed by atoms with E-state index in [1.54, 1.807) is 0 Å². The van der Waals surface area contributed by atoms with E-state index in [9.17, 15) is 4.79 Å². The molecule has 0 aromatic rings. The van der Waals surface area contributed by atoms with Crippen molar-refractivity contribution < 1.29 is 4.79 Å². The third kappa shape index (κ3) is 12.8. The Labute approximate surface area is 113 Å². The normalized spacial score (nSPS) is 11.3. The van der Waals surface area contributed by atoms with E-state index in [0.717, 1.165) is 5.70 Å². The van der Waals surface area contributed by atoms with Crippen molar-refractivity contribution in [3.63, 3.8) is 0 Å². The highest BCUT2D eigenvalue weighted by Crippen LogP contribution is 2.09. The Morgan fingerprint density at radius 1 is 1.11 bits per heavy atom. The summed E-state index contributed by atoms with van der Waals surface area (Å²) in [4.78, 5) is 10.4. The van der Waals surface area contributed by atoms with Crippen LogP contribution in [0.5, 0.6) is 0 Å². The van der Waals surface area contributed by atoms with E-state index < -0.39 is 0 Å². The van der Waals surface area contributed by atoms with E-state index in [0.29, 0.717) is 12.0 Å². The molecular weight excluding hydrogens is 224 g/mol. The Morgan fingerprint density at radius 3 is 1.78 bits per heavy atom. The smallest absolute Gasteiger partial charge is 0.243 e. The van der Waals surface area contributed by atoms with Crippen LogP contribution in [0.25, 0.3) is 0 Å². The summed E-state index contributed by atoms with van der Waals surface area (Å²) in [6.45, 7) is 19.7. The number of carbonyl (C=O) groups excluding carboxylic acids is 1. The zero-order valence-electron chi connectivity index (χ0n) is 12.8. The standard InChI is InChI=1S/C9H19N.C6H11NO/c1-6-8(4)9(5)10-7(2)3;1-4-6(8)7-5(2)3/h7-8,10H,5-6H2,1-4H3;4-5H,1H2,2-3H3,(H,7,8). The van der Waals surface area contributed by atoms with Crippen molar-refractivity contribution in [3.8, 4) is 0 Å². The van der Waals surface area contributed by atoms with Crippen molar-refractivity contribution in [2.24, 2.45) is 5.92 Å². The molecule has 3 heteroatoms. The molecular formula is C15H30N2O. The van der Waals surface area contributed by atoms with Crippen LogP contribution in [0.2, 0.25) is 0 Å². The van der Waals surface area contributed by atoms with Crippen LogP contribution in [0, 0.1) is 5.92 Å². The Kier molecular flexibility index (Phi) is 11.5. The number of rotatable bonds is 6. The SMILES string of the molecule is C=C(NC(C)C)C(C)CC.C=CC(=O)NC(C)C. The van der Waals surface area contributed by atoms with E-state index in [1.165, 1.54) is 12.5 Å². The zero-order chi connectivity index (χ0) is 14.7. The maximum Gasteiger partial charge on any atom is 0.243 e. The number of carbonyl (C=O) groups is 1. The summed E-state index contributed by atoms with van der Waals surface area (Å²) in [7, 11) is 0. The quantitative estimate of drug-likeness (QED) is 0.714. The van der Waals surface area contributed by atoms with Crippen molar-refractivity contribution in [1.29, 1.82) is 0 Å². The van der Waals surface area contributed by atoms with Crippen LogP contribution in [0.15, 0.2) is 24.9 Å².